The lowest BCUT2D eigenvalue weighted by Crippen LogP contribution is -2.34. The summed E-state index contributed by atoms with van der Waals surface area (Å²) in [5, 5.41) is 7.00. The van der Waals surface area contributed by atoms with Crippen LogP contribution in [0.1, 0.15) is 36.2 Å². The first-order chi connectivity index (χ1) is 13.6. The maximum absolute atomic E-state index is 11.7. The van der Waals surface area contributed by atoms with Gasteiger partial charge in [-0.15, -0.1) is 0 Å². The van der Waals surface area contributed by atoms with E-state index >= 15 is 0 Å². The third kappa shape index (κ3) is 4.23. The van der Waals surface area contributed by atoms with E-state index in [1.807, 2.05) is 18.2 Å². The van der Waals surface area contributed by atoms with Gasteiger partial charge in [0.1, 0.15) is 17.2 Å². The van der Waals surface area contributed by atoms with E-state index < -0.39 is 0 Å². The number of aromatic nitrogens is 2. The number of nitrogens with one attached hydrogen (secondary N) is 2. The lowest BCUT2D eigenvalue weighted by Gasteiger charge is -2.27. The van der Waals surface area contributed by atoms with Crippen LogP contribution in [0, 0.1) is 0 Å². The average Bonchev–Trinajstić information content (AvgIpc) is 3.09. The van der Waals surface area contributed by atoms with Crippen molar-refractivity contribution in [2.75, 3.05) is 12.4 Å². The second-order valence-corrected chi connectivity index (χ2v) is 8.01. The molecule has 1 saturated carbocycles. The van der Waals surface area contributed by atoms with Gasteiger partial charge in [0.05, 0.1) is 10.2 Å². The molecule has 4 N–H and O–H groups in total. The van der Waals surface area contributed by atoms with Crippen molar-refractivity contribution in [3.8, 4) is 11.5 Å². The van der Waals surface area contributed by atoms with Crippen LogP contribution >= 0.6 is 11.3 Å². The number of nitrogens with zero attached hydrogens (tertiary/aromatic N) is 2. The highest BCUT2D eigenvalue weighted by atomic mass is 32.1. The van der Waals surface area contributed by atoms with E-state index in [0.717, 1.165) is 41.0 Å². The Morgan fingerprint density at radius 3 is 2.93 bits per heavy atom. The number of pyridine rings is 1. The summed E-state index contributed by atoms with van der Waals surface area (Å²) < 4.78 is 6.96. The van der Waals surface area contributed by atoms with Crippen LogP contribution in [0.3, 0.4) is 0 Å². The fraction of sp³-hybridized carbons (Fsp3) is 0.350. The van der Waals surface area contributed by atoms with Gasteiger partial charge in [0.2, 0.25) is 0 Å². The predicted molar refractivity (Wildman–Crippen MR) is 111 cm³/mol. The molecule has 1 aliphatic rings. The molecule has 0 spiro atoms. The highest BCUT2D eigenvalue weighted by Gasteiger charge is 2.20. The van der Waals surface area contributed by atoms with E-state index in [0.29, 0.717) is 23.2 Å². The first kappa shape index (κ1) is 18.6. The highest BCUT2D eigenvalue weighted by molar-refractivity contribution is 7.22. The number of thiazole rings is 1. The fourth-order valence-electron chi connectivity index (χ4n) is 3.43. The van der Waals surface area contributed by atoms with Crippen LogP contribution < -0.4 is 21.1 Å². The summed E-state index contributed by atoms with van der Waals surface area (Å²) in [7, 11) is 1.57. The van der Waals surface area contributed by atoms with Gasteiger partial charge in [-0.25, -0.2) is 4.98 Å². The highest BCUT2D eigenvalue weighted by Crippen LogP contribution is 2.32. The van der Waals surface area contributed by atoms with E-state index in [9.17, 15) is 4.79 Å². The van der Waals surface area contributed by atoms with Crippen LogP contribution in [0.15, 0.2) is 36.5 Å². The van der Waals surface area contributed by atoms with Crippen LogP contribution in [0.2, 0.25) is 0 Å². The molecule has 0 bridgehead atoms. The maximum atomic E-state index is 11.7. The molecule has 2 aromatic heterocycles. The molecule has 1 amide bonds. The van der Waals surface area contributed by atoms with Crippen LogP contribution in [-0.2, 0) is 0 Å². The Hall–Kier alpha value is -2.71. The molecule has 1 fully saturated rings. The van der Waals surface area contributed by atoms with Gasteiger partial charge >= 0.3 is 0 Å². The Bertz CT molecular complexity index is 990. The van der Waals surface area contributed by atoms with E-state index in [2.05, 4.69) is 20.6 Å². The monoisotopic (exact) mass is 397 g/mol. The molecule has 2 unspecified atom stereocenters. The zero-order valence-electron chi connectivity index (χ0n) is 15.6. The number of carbonyl (C=O) groups is 1. The number of nitrogens with two attached hydrogens (primary N) is 1. The zero-order valence-corrected chi connectivity index (χ0v) is 16.5. The molecule has 28 heavy (non-hydrogen) atoms. The van der Waals surface area contributed by atoms with E-state index in [-0.39, 0.29) is 11.9 Å². The van der Waals surface area contributed by atoms with Gasteiger partial charge in [0.25, 0.3) is 5.91 Å². The summed E-state index contributed by atoms with van der Waals surface area (Å²) in [6.07, 6.45) is 5.94. The minimum atomic E-state index is -0.249. The summed E-state index contributed by atoms with van der Waals surface area (Å²) in [4.78, 5) is 20.5. The predicted octanol–water partition coefficient (Wildman–Crippen LogP) is 3.53. The molecule has 2 heterocycles. The topological polar surface area (TPSA) is 102 Å². The summed E-state index contributed by atoms with van der Waals surface area (Å²) in [5.41, 5.74) is 7.33. The quantitative estimate of drug-likeness (QED) is 0.609. The second kappa shape index (κ2) is 8.12. The Kier molecular flexibility index (Phi) is 5.40. The van der Waals surface area contributed by atoms with Gasteiger partial charge in [-0.3, -0.25) is 9.78 Å². The third-order valence-electron chi connectivity index (χ3n) is 4.83. The molecule has 4 rings (SSSR count). The van der Waals surface area contributed by atoms with Crippen LogP contribution in [0.25, 0.3) is 10.2 Å². The normalized spacial score (nSPS) is 19.4. The van der Waals surface area contributed by atoms with Gasteiger partial charge in [0, 0.05) is 37.5 Å². The number of carbonyl (C=O) groups excluding carboxylic acids is 1. The van der Waals surface area contributed by atoms with Crippen molar-refractivity contribution in [3.05, 3.63) is 42.2 Å². The standard InChI is InChI=1S/C20H23N5O2S/c1-22-19(26)17-10-15(7-8-23-17)27-14-5-6-16-18(11-14)28-20(25-16)24-13-4-2-3-12(21)9-13/h5-8,10-13H,2-4,9,21H2,1H3,(H,22,26)(H,24,25). The van der Waals surface area contributed by atoms with Crippen molar-refractivity contribution >= 4 is 32.6 Å². The molecule has 0 saturated heterocycles. The molecular formula is C20H23N5O2S. The summed E-state index contributed by atoms with van der Waals surface area (Å²) in [6, 6.07) is 9.80. The lowest BCUT2D eigenvalue weighted by atomic mass is 9.92. The Morgan fingerprint density at radius 2 is 2.11 bits per heavy atom. The number of hydrogen-bond acceptors (Lipinski definition) is 7. The Labute approximate surface area is 167 Å². The molecule has 1 aliphatic carbocycles. The first-order valence-electron chi connectivity index (χ1n) is 9.39. The SMILES string of the molecule is CNC(=O)c1cc(Oc2ccc3nc(NC4CCCC(N)C4)sc3c2)ccn1. The molecule has 7 nitrogen and oxygen atoms in total. The largest absolute Gasteiger partial charge is 0.457 e. The lowest BCUT2D eigenvalue weighted by molar-refractivity contribution is 0.0958. The fourth-order valence-corrected chi connectivity index (χ4v) is 4.40. The Balaban J connectivity index is 1.49. The second-order valence-electron chi connectivity index (χ2n) is 6.97. The number of ether oxygens (including phenoxy) is 1. The van der Waals surface area contributed by atoms with Crippen molar-refractivity contribution in [2.24, 2.45) is 5.73 Å². The molecule has 0 radical (unpaired) electrons. The number of benzene rings is 1. The van der Waals surface area contributed by atoms with E-state index in [1.54, 1.807) is 36.7 Å². The van der Waals surface area contributed by atoms with Gasteiger partial charge in [0.15, 0.2) is 5.13 Å². The van der Waals surface area contributed by atoms with Crippen molar-refractivity contribution < 1.29 is 9.53 Å². The van der Waals surface area contributed by atoms with Crippen LogP contribution in [-0.4, -0.2) is 35.0 Å². The van der Waals surface area contributed by atoms with Gasteiger partial charge in [-0.2, -0.15) is 0 Å². The van der Waals surface area contributed by atoms with Crippen LogP contribution in [0.4, 0.5) is 5.13 Å². The first-order valence-corrected chi connectivity index (χ1v) is 10.2. The van der Waals surface area contributed by atoms with Crippen LogP contribution in [0.5, 0.6) is 11.5 Å². The van der Waals surface area contributed by atoms with Crippen molar-refractivity contribution in [3.63, 3.8) is 0 Å². The summed E-state index contributed by atoms with van der Waals surface area (Å²) in [6.45, 7) is 0. The third-order valence-corrected chi connectivity index (χ3v) is 5.78. The number of anilines is 1. The number of hydrogen-bond donors (Lipinski definition) is 3. The smallest absolute Gasteiger partial charge is 0.269 e. The van der Waals surface area contributed by atoms with E-state index in [4.69, 9.17) is 10.5 Å². The molecular weight excluding hydrogens is 374 g/mol. The summed E-state index contributed by atoms with van der Waals surface area (Å²) in [5.74, 6) is 1.00. The molecule has 2 atom stereocenters. The zero-order chi connectivity index (χ0) is 19.5. The van der Waals surface area contributed by atoms with Gasteiger partial charge < -0.3 is 21.1 Å². The summed E-state index contributed by atoms with van der Waals surface area (Å²) >= 11 is 1.61. The van der Waals surface area contributed by atoms with Crippen molar-refractivity contribution in [2.45, 2.75) is 37.8 Å². The number of rotatable bonds is 5. The van der Waals surface area contributed by atoms with Gasteiger partial charge in [-0.05, 0) is 43.9 Å². The van der Waals surface area contributed by atoms with Gasteiger partial charge in [-0.1, -0.05) is 11.3 Å². The van der Waals surface area contributed by atoms with E-state index in [1.165, 1.54) is 0 Å². The maximum Gasteiger partial charge on any atom is 0.269 e. The van der Waals surface area contributed by atoms with Crippen molar-refractivity contribution in [1.82, 2.24) is 15.3 Å². The average molecular weight is 398 g/mol. The number of amides is 1. The molecule has 146 valence electrons. The molecule has 3 aromatic rings. The minimum absolute atomic E-state index is 0.249. The molecule has 1 aromatic carbocycles. The Morgan fingerprint density at radius 1 is 1.25 bits per heavy atom. The number of fused-ring (bicyclic) bond motifs is 1. The molecule has 8 heteroatoms. The minimum Gasteiger partial charge on any atom is -0.457 e. The van der Waals surface area contributed by atoms with Crippen molar-refractivity contribution in [1.29, 1.82) is 0 Å². The molecule has 0 aliphatic heterocycles.